The van der Waals surface area contributed by atoms with Crippen LogP contribution in [-0.4, -0.2) is 27.8 Å². The fourth-order valence-electron chi connectivity index (χ4n) is 7.39. The molecule has 4 heteroatoms. The molecule has 0 atom stereocenters. The molecule has 0 bridgehead atoms. The average molecular weight is 624 g/mol. The van der Waals surface area contributed by atoms with Gasteiger partial charge in [0.2, 0.25) is 0 Å². The first-order chi connectivity index (χ1) is 21.6. The molecular weight excluding hydrogens is 595 g/mol. The monoisotopic (exact) mass is 625 g/mol. The van der Waals surface area contributed by atoms with E-state index in [-0.39, 0.29) is 0 Å². The van der Waals surface area contributed by atoms with Crippen LogP contribution >= 0.6 is 0 Å². The van der Waals surface area contributed by atoms with E-state index in [1.807, 2.05) is 6.07 Å². The first-order valence-corrected chi connectivity index (χ1v) is 21.5. The average Bonchev–Trinajstić information content (AvgIpc) is 3.55. The summed E-state index contributed by atoms with van der Waals surface area (Å²) < 4.78 is 5.68. The van der Waals surface area contributed by atoms with Crippen LogP contribution in [-0.2, 0) is 0 Å². The van der Waals surface area contributed by atoms with Gasteiger partial charge in [0.05, 0.1) is 0 Å². The van der Waals surface area contributed by atoms with Crippen molar-refractivity contribution in [3.8, 4) is 39.5 Å². The maximum absolute atomic E-state index is 5.27. The van der Waals surface area contributed by atoms with Gasteiger partial charge in [-0.2, -0.15) is 0 Å². The van der Waals surface area contributed by atoms with Crippen LogP contribution in [0, 0.1) is 0 Å². The molecule has 1 aliphatic heterocycles. The van der Waals surface area contributed by atoms with Crippen molar-refractivity contribution >= 4 is 54.8 Å². The van der Waals surface area contributed by atoms with E-state index in [1.54, 1.807) is 4.40 Å². The second kappa shape index (κ2) is 9.50. The van der Waals surface area contributed by atoms with E-state index in [1.165, 1.54) is 37.6 Å². The normalized spacial score (nSPS) is 13.4. The van der Waals surface area contributed by atoms with Gasteiger partial charge in [-0.1, -0.05) is 0 Å². The zero-order chi connectivity index (χ0) is 29.4. The van der Waals surface area contributed by atoms with E-state index in [4.69, 9.17) is 9.97 Å². The maximum atomic E-state index is 5.27. The number of rotatable bonds is 3. The molecule has 9 rings (SSSR count). The molecule has 3 heterocycles. The van der Waals surface area contributed by atoms with E-state index in [2.05, 4.69) is 150 Å². The second-order valence-electron chi connectivity index (χ2n) is 12.2. The Morgan fingerprint density at radius 2 is 1.18 bits per heavy atom. The zero-order valence-corrected chi connectivity index (χ0v) is 26.7. The summed E-state index contributed by atoms with van der Waals surface area (Å²) in [7, 11) is 0. The fraction of sp³-hybridized carbons (Fsp3) is 0.0500. The molecule has 3 nitrogen and oxygen atoms in total. The van der Waals surface area contributed by atoms with E-state index in [0.29, 0.717) is 0 Å². The first-order valence-electron chi connectivity index (χ1n) is 15.2. The van der Waals surface area contributed by atoms with Crippen molar-refractivity contribution < 1.29 is 0 Å². The standard InChI is InChI=1S/C40H29GeN3/c1-41(2)33-21-11-9-18-30(33)36-31-19-10-12-22-35(31)44(39(36)41)34-23-13-20-29-28(34)24-25-32-37(26-14-5-3-6-15-26)42-40(43-38(29)32)27-16-7-4-8-17-27/h3-25H,1-2H3. The summed E-state index contributed by atoms with van der Waals surface area (Å²) in [6, 6.07) is 50.1. The summed E-state index contributed by atoms with van der Waals surface area (Å²) >= 11 is -2.65. The molecular formula is C40H29GeN3. The van der Waals surface area contributed by atoms with Gasteiger partial charge in [0.1, 0.15) is 0 Å². The van der Waals surface area contributed by atoms with E-state index < -0.39 is 13.3 Å². The molecule has 2 aromatic heterocycles. The van der Waals surface area contributed by atoms with Gasteiger partial charge in [0.15, 0.2) is 0 Å². The molecule has 1 aliphatic rings. The van der Waals surface area contributed by atoms with Crippen molar-refractivity contribution in [1.29, 1.82) is 0 Å². The number of fused-ring (bicyclic) bond motifs is 8. The quantitative estimate of drug-likeness (QED) is 0.145. The molecule has 0 N–H and O–H groups in total. The molecule has 8 aromatic rings. The van der Waals surface area contributed by atoms with Gasteiger partial charge in [0, 0.05) is 0 Å². The van der Waals surface area contributed by atoms with Gasteiger partial charge in [-0.15, -0.1) is 0 Å². The minimum absolute atomic E-state index is 0.744. The van der Waals surface area contributed by atoms with Crippen molar-refractivity contribution in [2.75, 3.05) is 0 Å². The van der Waals surface area contributed by atoms with Gasteiger partial charge in [-0.25, -0.2) is 0 Å². The Hall–Kier alpha value is -5.00. The summed E-state index contributed by atoms with van der Waals surface area (Å²) in [5.74, 6) is 5.84. The molecule has 0 saturated heterocycles. The van der Waals surface area contributed by atoms with E-state index in [0.717, 1.165) is 38.9 Å². The molecule has 44 heavy (non-hydrogen) atoms. The Labute approximate surface area is 258 Å². The number of benzene rings is 6. The summed E-state index contributed by atoms with van der Waals surface area (Å²) in [6.45, 7) is 0. The summed E-state index contributed by atoms with van der Waals surface area (Å²) in [5.41, 5.74) is 9.39. The van der Waals surface area contributed by atoms with E-state index >= 15 is 0 Å². The van der Waals surface area contributed by atoms with Crippen LogP contribution < -0.4 is 8.92 Å². The van der Waals surface area contributed by atoms with E-state index in [9.17, 15) is 0 Å². The van der Waals surface area contributed by atoms with Gasteiger partial charge in [-0.05, 0) is 0 Å². The summed E-state index contributed by atoms with van der Waals surface area (Å²) in [4.78, 5) is 10.4. The number of nitrogens with zero attached hydrogens (tertiary/aromatic N) is 3. The Kier molecular flexibility index (Phi) is 5.51. The topological polar surface area (TPSA) is 30.7 Å². The van der Waals surface area contributed by atoms with Crippen LogP contribution in [0.25, 0.3) is 72.0 Å². The predicted octanol–water partition coefficient (Wildman–Crippen LogP) is 8.86. The van der Waals surface area contributed by atoms with Crippen LogP contribution in [0.15, 0.2) is 140 Å². The molecule has 6 aromatic carbocycles. The summed E-state index contributed by atoms with van der Waals surface area (Å²) in [6.07, 6.45) is 0. The van der Waals surface area contributed by atoms with Gasteiger partial charge in [-0.3, -0.25) is 0 Å². The molecule has 208 valence electrons. The molecule has 0 fully saturated rings. The van der Waals surface area contributed by atoms with Crippen LogP contribution in [0.1, 0.15) is 0 Å². The minimum atomic E-state index is -2.65. The Balaban J connectivity index is 1.39. The SMILES string of the molecule is [CH3][Ge]1([CH3])[c]2ccccc2-c2[c]1n(-c1cccc3c1ccc1c(-c4ccccc4)nc(-c4ccccc4)nc13)c1ccccc21. The van der Waals surface area contributed by atoms with Crippen molar-refractivity contribution in [2.45, 2.75) is 11.5 Å². The predicted molar refractivity (Wildman–Crippen MR) is 187 cm³/mol. The Bertz CT molecular complexity index is 2410. The van der Waals surface area contributed by atoms with Gasteiger partial charge in [0.25, 0.3) is 0 Å². The fourth-order valence-corrected chi connectivity index (χ4v) is 14.4. The third-order valence-corrected chi connectivity index (χ3v) is 16.6. The number of para-hydroxylation sites is 1. The van der Waals surface area contributed by atoms with Gasteiger partial charge >= 0.3 is 260 Å². The third kappa shape index (κ3) is 3.56. The Morgan fingerprint density at radius 1 is 0.523 bits per heavy atom. The third-order valence-electron chi connectivity index (χ3n) is 9.36. The Morgan fingerprint density at radius 3 is 2.00 bits per heavy atom. The molecule has 0 aliphatic carbocycles. The number of hydrogen-bond donors (Lipinski definition) is 0. The molecule has 0 radical (unpaired) electrons. The second-order valence-corrected chi connectivity index (χ2v) is 21.2. The van der Waals surface area contributed by atoms with Crippen LogP contribution in [0.4, 0.5) is 0 Å². The number of hydrogen-bond acceptors (Lipinski definition) is 2. The summed E-state index contributed by atoms with van der Waals surface area (Å²) in [5, 5.41) is 4.75. The molecule has 0 unspecified atom stereocenters. The molecule has 0 saturated carbocycles. The zero-order valence-electron chi connectivity index (χ0n) is 24.6. The van der Waals surface area contributed by atoms with Crippen molar-refractivity contribution in [1.82, 2.24) is 14.5 Å². The number of aromatic nitrogens is 3. The molecule has 0 spiro atoms. The molecule has 0 amide bonds. The van der Waals surface area contributed by atoms with Crippen LogP contribution in [0.2, 0.25) is 11.5 Å². The van der Waals surface area contributed by atoms with Crippen molar-refractivity contribution in [3.05, 3.63) is 140 Å². The van der Waals surface area contributed by atoms with Gasteiger partial charge < -0.3 is 0 Å². The first kappa shape index (κ1) is 25.5. The van der Waals surface area contributed by atoms with Crippen molar-refractivity contribution in [3.63, 3.8) is 0 Å². The van der Waals surface area contributed by atoms with Crippen LogP contribution in [0.5, 0.6) is 0 Å². The van der Waals surface area contributed by atoms with Crippen LogP contribution in [0.3, 0.4) is 0 Å². The van der Waals surface area contributed by atoms with Crippen molar-refractivity contribution in [2.24, 2.45) is 0 Å².